The second-order valence-electron chi connectivity index (χ2n) is 0.577. The largest absolute Gasteiger partial charge is 0.329 e. The van der Waals surface area contributed by atoms with Crippen molar-refractivity contribution in [1.29, 1.82) is 0 Å². The van der Waals surface area contributed by atoms with E-state index in [1.807, 2.05) is 0 Å². The van der Waals surface area contributed by atoms with Crippen LogP contribution in [0.2, 0.25) is 0 Å². The summed E-state index contributed by atoms with van der Waals surface area (Å²) >= 11 is 0. The van der Waals surface area contributed by atoms with Crippen LogP contribution in [0.25, 0.3) is 0 Å². The third-order valence-corrected chi connectivity index (χ3v) is 0.167. The van der Waals surface area contributed by atoms with E-state index in [-0.39, 0.29) is 13.5 Å². The summed E-state index contributed by atoms with van der Waals surface area (Å²) in [5, 5.41) is 0. The molecule has 0 aromatic carbocycles. The Balaban J connectivity index is -0.0000000122. The van der Waals surface area contributed by atoms with Crippen LogP contribution in [0.3, 0.4) is 0 Å². The van der Waals surface area contributed by atoms with Crippen LogP contribution in [-0.2, 0) is 0 Å². The standard InChI is InChI=1S/C2H8N2.4C2H4.H2S/c3-1-2-4;4*1-2;/h1-4H2;4*1-2H2;1H2. The smallest absolute Gasteiger partial charge is 0.00461 e. The van der Waals surface area contributed by atoms with Crippen molar-refractivity contribution in [2.45, 2.75) is 0 Å². The van der Waals surface area contributed by atoms with Crippen molar-refractivity contribution in [3.05, 3.63) is 52.6 Å². The molecule has 0 bridgehead atoms. The molecule has 0 rings (SSSR count). The zero-order valence-corrected chi connectivity index (χ0v) is 9.73. The highest BCUT2D eigenvalue weighted by Crippen LogP contribution is 1.24. The van der Waals surface area contributed by atoms with Crippen LogP contribution in [0.15, 0.2) is 52.6 Å². The summed E-state index contributed by atoms with van der Waals surface area (Å²) in [5.41, 5.74) is 9.81. The van der Waals surface area contributed by atoms with Gasteiger partial charge in [0, 0.05) is 13.1 Å². The Labute approximate surface area is 91.2 Å². The number of rotatable bonds is 1. The molecule has 0 saturated heterocycles. The molecule has 13 heavy (non-hydrogen) atoms. The first-order valence-electron chi connectivity index (χ1n) is 3.32. The van der Waals surface area contributed by atoms with Gasteiger partial charge < -0.3 is 11.5 Å². The fraction of sp³-hybridized carbons (Fsp3) is 0.200. The predicted octanol–water partition coefficient (Wildman–Crippen LogP) is 2.23. The van der Waals surface area contributed by atoms with Crippen LogP contribution in [-0.4, -0.2) is 13.1 Å². The third kappa shape index (κ3) is 18100. The van der Waals surface area contributed by atoms with E-state index < -0.39 is 0 Å². The van der Waals surface area contributed by atoms with Gasteiger partial charge in [0.1, 0.15) is 0 Å². The highest BCUT2D eigenvalue weighted by Gasteiger charge is 1.54. The van der Waals surface area contributed by atoms with Crippen LogP contribution in [0, 0.1) is 0 Å². The fourth-order valence-corrected chi connectivity index (χ4v) is 0. The van der Waals surface area contributed by atoms with Crippen LogP contribution in [0.1, 0.15) is 0 Å². The van der Waals surface area contributed by atoms with Gasteiger partial charge in [-0.3, -0.25) is 0 Å². The van der Waals surface area contributed by atoms with Gasteiger partial charge in [0.05, 0.1) is 0 Å². The Kier molecular flexibility index (Phi) is 2370. The highest BCUT2D eigenvalue weighted by atomic mass is 32.1. The molecule has 0 aromatic rings. The van der Waals surface area contributed by atoms with E-state index in [0.717, 1.165) is 0 Å². The lowest BCUT2D eigenvalue weighted by atomic mass is 10.7. The number of hydrogen-bond acceptors (Lipinski definition) is 2. The molecule has 0 atom stereocenters. The molecule has 0 aliphatic carbocycles. The average Bonchev–Trinajstić information content (AvgIpc) is 2.29. The van der Waals surface area contributed by atoms with Crippen LogP contribution < -0.4 is 11.5 Å². The molecule has 0 saturated carbocycles. The number of hydrogen-bond donors (Lipinski definition) is 2. The molecule has 0 spiro atoms. The molecule has 3 heteroatoms. The maximum absolute atomic E-state index is 4.90. The summed E-state index contributed by atoms with van der Waals surface area (Å²) in [6.45, 7) is 25.2. The van der Waals surface area contributed by atoms with Gasteiger partial charge >= 0.3 is 0 Å². The summed E-state index contributed by atoms with van der Waals surface area (Å²) < 4.78 is 0. The van der Waals surface area contributed by atoms with Crippen LogP contribution in [0.5, 0.6) is 0 Å². The minimum Gasteiger partial charge on any atom is -0.329 e. The van der Waals surface area contributed by atoms with Gasteiger partial charge in [-0.05, 0) is 0 Å². The lowest BCUT2D eigenvalue weighted by molar-refractivity contribution is 0.976. The van der Waals surface area contributed by atoms with E-state index in [1.165, 1.54) is 0 Å². The van der Waals surface area contributed by atoms with Gasteiger partial charge in [0.25, 0.3) is 0 Å². The van der Waals surface area contributed by atoms with E-state index in [9.17, 15) is 0 Å². The molecule has 0 fully saturated rings. The zero-order chi connectivity index (χ0) is 11.4. The maximum Gasteiger partial charge on any atom is 0.00461 e. The Hall–Kier alpha value is -0.770. The molecule has 0 aliphatic rings. The van der Waals surface area contributed by atoms with Gasteiger partial charge in [-0.2, -0.15) is 13.5 Å². The molecule has 0 radical (unpaired) electrons. The predicted molar refractivity (Wildman–Crippen MR) is 73.5 cm³/mol. The van der Waals surface area contributed by atoms with E-state index >= 15 is 0 Å². The summed E-state index contributed by atoms with van der Waals surface area (Å²) in [4.78, 5) is 0. The molecule has 82 valence electrons. The van der Waals surface area contributed by atoms with Crippen molar-refractivity contribution in [2.75, 3.05) is 13.1 Å². The van der Waals surface area contributed by atoms with E-state index in [0.29, 0.717) is 13.1 Å². The first-order chi connectivity index (χ1) is 5.91. The summed E-state index contributed by atoms with van der Waals surface area (Å²) in [5.74, 6) is 0. The molecule has 4 N–H and O–H groups in total. The van der Waals surface area contributed by atoms with Crippen molar-refractivity contribution < 1.29 is 0 Å². The average molecular weight is 206 g/mol. The highest BCUT2D eigenvalue weighted by molar-refractivity contribution is 7.59. The first-order valence-corrected chi connectivity index (χ1v) is 3.32. The second kappa shape index (κ2) is 777. The topological polar surface area (TPSA) is 52.0 Å². The molecule has 0 aliphatic heterocycles. The summed E-state index contributed by atoms with van der Waals surface area (Å²) in [6.07, 6.45) is 0. The van der Waals surface area contributed by atoms with Crippen LogP contribution >= 0.6 is 13.5 Å². The third-order valence-electron chi connectivity index (χ3n) is 0.167. The second-order valence-corrected chi connectivity index (χ2v) is 0.577. The normalized spacial score (nSPS) is 3.54. The summed E-state index contributed by atoms with van der Waals surface area (Å²) in [7, 11) is 0. The van der Waals surface area contributed by atoms with Crippen molar-refractivity contribution in [2.24, 2.45) is 11.5 Å². The zero-order valence-electron chi connectivity index (χ0n) is 8.73. The van der Waals surface area contributed by atoms with Gasteiger partial charge in [-0.15, -0.1) is 52.6 Å². The Morgan fingerprint density at radius 1 is 0.538 bits per heavy atom. The van der Waals surface area contributed by atoms with E-state index in [1.54, 1.807) is 0 Å². The van der Waals surface area contributed by atoms with Crippen molar-refractivity contribution in [3.63, 3.8) is 0 Å². The van der Waals surface area contributed by atoms with Crippen LogP contribution in [0.4, 0.5) is 0 Å². The van der Waals surface area contributed by atoms with Crippen molar-refractivity contribution in [1.82, 2.24) is 0 Å². The van der Waals surface area contributed by atoms with Gasteiger partial charge in [-0.25, -0.2) is 0 Å². The van der Waals surface area contributed by atoms with Gasteiger partial charge in [0.15, 0.2) is 0 Å². The lowest BCUT2D eigenvalue weighted by Gasteiger charge is -1.72. The van der Waals surface area contributed by atoms with Crippen molar-refractivity contribution >= 4 is 13.5 Å². The Morgan fingerprint density at radius 2 is 0.615 bits per heavy atom. The molecule has 0 aromatic heterocycles. The van der Waals surface area contributed by atoms with Gasteiger partial charge in [0.2, 0.25) is 0 Å². The monoisotopic (exact) mass is 206 g/mol. The molecular formula is C10H26N2S. The van der Waals surface area contributed by atoms with E-state index in [4.69, 9.17) is 11.5 Å². The SMILES string of the molecule is C=C.C=C.C=C.C=C.NCCN.S. The molecule has 2 nitrogen and oxygen atoms in total. The minimum atomic E-state index is 0. The maximum atomic E-state index is 4.90. The Morgan fingerprint density at radius 3 is 0.615 bits per heavy atom. The van der Waals surface area contributed by atoms with Crippen molar-refractivity contribution in [3.8, 4) is 0 Å². The number of nitrogens with two attached hydrogens (primary N) is 2. The minimum absolute atomic E-state index is 0. The van der Waals surface area contributed by atoms with E-state index in [2.05, 4.69) is 52.6 Å². The molecule has 0 amide bonds. The van der Waals surface area contributed by atoms with Gasteiger partial charge in [-0.1, -0.05) is 0 Å². The molecular weight excluding hydrogens is 180 g/mol. The fourth-order valence-electron chi connectivity index (χ4n) is 0. The quantitative estimate of drug-likeness (QED) is 0.646. The lowest BCUT2D eigenvalue weighted by Crippen LogP contribution is -2.11. The molecule has 0 heterocycles. The first kappa shape index (κ1) is 39.7. The summed E-state index contributed by atoms with van der Waals surface area (Å²) in [6, 6.07) is 0. The Bertz CT molecular complexity index is 33.9. The molecule has 0 unspecified atom stereocenters.